The Bertz CT molecular complexity index is 456. The number of carbonyl (C=O) groups is 2. The van der Waals surface area contributed by atoms with Crippen molar-refractivity contribution in [3.63, 3.8) is 0 Å². The van der Waals surface area contributed by atoms with Crippen molar-refractivity contribution in [2.45, 2.75) is 19.8 Å². The number of Topliss-reactive ketones (excluding diaryl/α,β-unsaturated/α-hetero) is 1. The number of methoxy groups -OCH3 is 1. The Morgan fingerprint density at radius 1 is 1.39 bits per heavy atom. The highest BCUT2D eigenvalue weighted by molar-refractivity contribution is 5.96. The van der Waals surface area contributed by atoms with E-state index in [4.69, 9.17) is 9.84 Å². The maximum absolute atomic E-state index is 13.6. The smallest absolute Gasteiger partial charge is 0.303 e. The summed E-state index contributed by atoms with van der Waals surface area (Å²) >= 11 is 0. The lowest BCUT2D eigenvalue weighted by molar-refractivity contribution is -0.137. The van der Waals surface area contributed by atoms with Crippen LogP contribution in [-0.2, 0) is 4.79 Å². The van der Waals surface area contributed by atoms with Crippen molar-refractivity contribution < 1.29 is 23.8 Å². The van der Waals surface area contributed by atoms with Crippen LogP contribution in [0.4, 0.5) is 4.39 Å². The number of carboxylic acid groups (broad SMARTS) is 1. The molecule has 18 heavy (non-hydrogen) atoms. The molecule has 4 nitrogen and oxygen atoms in total. The Kier molecular flexibility index (Phi) is 4.83. The second kappa shape index (κ2) is 6.14. The molecule has 0 aliphatic heterocycles. The van der Waals surface area contributed by atoms with Crippen LogP contribution in [0.5, 0.6) is 5.75 Å². The Morgan fingerprint density at radius 2 is 2.06 bits per heavy atom. The molecule has 0 amide bonds. The number of rotatable bonds is 6. The SMILES string of the molecule is COc1ccc(C(=O)CC(C)CC(=O)O)c(F)c1. The third-order valence-electron chi connectivity index (χ3n) is 2.53. The normalized spacial score (nSPS) is 11.9. The molecule has 1 unspecified atom stereocenters. The minimum absolute atomic E-state index is 0.00947. The molecule has 1 aromatic carbocycles. The van der Waals surface area contributed by atoms with Gasteiger partial charge in [0.1, 0.15) is 11.6 Å². The average Bonchev–Trinajstić information content (AvgIpc) is 2.27. The summed E-state index contributed by atoms with van der Waals surface area (Å²) in [5.74, 6) is -2.00. The van der Waals surface area contributed by atoms with E-state index in [2.05, 4.69) is 0 Å². The predicted octanol–water partition coefficient (Wildman–Crippen LogP) is 2.52. The van der Waals surface area contributed by atoms with Gasteiger partial charge in [0, 0.05) is 18.9 Å². The van der Waals surface area contributed by atoms with E-state index in [1.165, 1.54) is 19.2 Å². The Labute approximate surface area is 104 Å². The predicted molar refractivity (Wildman–Crippen MR) is 63.3 cm³/mol. The van der Waals surface area contributed by atoms with Crippen molar-refractivity contribution in [3.05, 3.63) is 29.6 Å². The quantitative estimate of drug-likeness (QED) is 0.792. The van der Waals surface area contributed by atoms with Crippen LogP contribution in [0.25, 0.3) is 0 Å². The van der Waals surface area contributed by atoms with Crippen LogP contribution in [0.1, 0.15) is 30.1 Å². The summed E-state index contributed by atoms with van der Waals surface area (Å²) in [6.07, 6.45) is -0.0982. The molecule has 0 bridgehead atoms. The van der Waals surface area contributed by atoms with Crippen molar-refractivity contribution in [2.75, 3.05) is 7.11 Å². The van der Waals surface area contributed by atoms with Gasteiger partial charge in [-0.25, -0.2) is 4.39 Å². The van der Waals surface area contributed by atoms with Crippen molar-refractivity contribution in [1.82, 2.24) is 0 Å². The minimum atomic E-state index is -0.967. The highest BCUT2D eigenvalue weighted by Gasteiger charge is 2.17. The molecule has 0 fully saturated rings. The molecule has 1 rings (SSSR count). The molecular formula is C13H15FO4. The maximum atomic E-state index is 13.6. The molecule has 1 N–H and O–H groups in total. The van der Waals surface area contributed by atoms with Crippen LogP contribution in [0.15, 0.2) is 18.2 Å². The molecule has 0 aliphatic rings. The average molecular weight is 254 g/mol. The van der Waals surface area contributed by atoms with Crippen molar-refractivity contribution in [3.8, 4) is 5.75 Å². The summed E-state index contributed by atoms with van der Waals surface area (Å²) in [4.78, 5) is 22.3. The van der Waals surface area contributed by atoms with Gasteiger partial charge < -0.3 is 9.84 Å². The van der Waals surface area contributed by atoms with Gasteiger partial charge in [0.25, 0.3) is 0 Å². The van der Waals surface area contributed by atoms with E-state index in [1.807, 2.05) is 0 Å². The summed E-state index contributed by atoms with van der Waals surface area (Å²) in [7, 11) is 1.41. The molecule has 0 radical (unpaired) electrons. The Morgan fingerprint density at radius 3 is 2.56 bits per heavy atom. The number of aliphatic carboxylic acids is 1. The zero-order valence-electron chi connectivity index (χ0n) is 10.3. The molecule has 0 aromatic heterocycles. The molecule has 5 heteroatoms. The Hall–Kier alpha value is -1.91. The molecule has 0 saturated heterocycles. The summed E-state index contributed by atoms with van der Waals surface area (Å²) < 4.78 is 18.4. The third-order valence-corrected chi connectivity index (χ3v) is 2.53. The fraction of sp³-hybridized carbons (Fsp3) is 0.385. The van der Waals surface area contributed by atoms with Gasteiger partial charge in [-0.15, -0.1) is 0 Å². The van der Waals surface area contributed by atoms with E-state index in [-0.39, 0.29) is 24.3 Å². The monoisotopic (exact) mass is 254 g/mol. The molecule has 1 aromatic rings. The minimum Gasteiger partial charge on any atom is -0.497 e. The van der Waals surface area contributed by atoms with Gasteiger partial charge in [0.05, 0.1) is 12.7 Å². The lowest BCUT2D eigenvalue weighted by atomic mass is 9.97. The van der Waals surface area contributed by atoms with Crippen molar-refractivity contribution in [1.29, 1.82) is 0 Å². The van der Waals surface area contributed by atoms with Gasteiger partial charge in [-0.05, 0) is 18.1 Å². The van der Waals surface area contributed by atoms with E-state index < -0.39 is 17.6 Å². The topological polar surface area (TPSA) is 63.6 Å². The first-order valence-corrected chi connectivity index (χ1v) is 5.52. The van der Waals surface area contributed by atoms with E-state index >= 15 is 0 Å². The second-order valence-corrected chi connectivity index (χ2v) is 4.18. The highest BCUT2D eigenvalue weighted by Crippen LogP contribution is 2.19. The molecule has 0 spiro atoms. The van der Waals surface area contributed by atoms with Gasteiger partial charge in [-0.2, -0.15) is 0 Å². The highest BCUT2D eigenvalue weighted by atomic mass is 19.1. The van der Waals surface area contributed by atoms with Crippen molar-refractivity contribution >= 4 is 11.8 Å². The van der Waals surface area contributed by atoms with E-state index in [1.54, 1.807) is 6.92 Å². The van der Waals surface area contributed by atoms with E-state index in [9.17, 15) is 14.0 Å². The van der Waals surface area contributed by atoms with Gasteiger partial charge in [-0.1, -0.05) is 6.92 Å². The fourth-order valence-electron chi connectivity index (χ4n) is 1.65. The number of carbonyl (C=O) groups excluding carboxylic acids is 1. The van der Waals surface area contributed by atoms with Crippen LogP contribution in [0, 0.1) is 11.7 Å². The van der Waals surface area contributed by atoms with Crippen LogP contribution < -0.4 is 4.74 Å². The standard InChI is InChI=1S/C13H15FO4/c1-8(6-13(16)17)5-12(15)10-4-3-9(18-2)7-11(10)14/h3-4,7-8H,5-6H2,1-2H3,(H,16,17). The number of hydrogen-bond acceptors (Lipinski definition) is 3. The largest absolute Gasteiger partial charge is 0.497 e. The first kappa shape index (κ1) is 14.2. The van der Waals surface area contributed by atoms with Crippen molar-refractivity contribution in [2.24, 2.45) is 5.92 Å². The fourth-order valence-corrected chi connectivity index (χ4v) is 1.65. The number of carboxylic acids is 1. The maximum Gasteiger partial charge on any atom is 0.303 e. The zero-order valence-corrected chi connectivity index (χ0v) is 10.3. The summed E-state index contributed by atoms with van der Waals surface area (Å²) in [6, 6.07) is 3.98. The van der Waals surface area contributed by atoms with Crippen LogP contribution in [-0.4, -0.2) is 24.0 Å². The summed E-state index contributed by atoms with van der Waals surface area (Å²) in [5, 5.41) is 8.59. The van der Waals surface area contributed by atoms with Gasteiger partial charge in [-0.3, -0.25) is 9.59 Å². The lowest BCUT2D eigenvalue weighted by Gasteiger charge is -2.09. The zero-order chi connectivity index (χ0) is 13.7. The van der Waals surface area contributed by atoms with Crippen LogP contribution in [0.3, 0.4) is 0 Å². The number of hydrogen-bond donors (Lipinski definition) is 1. The van der Waals surface area contributed by atoms with Gasteiger partial charge >= 0.3 is 5.97 Å². The summed E-state index contributed by atoms with van der Waals surface area (Å²) in [5.41, 5.74) is -0.0342. The molecule has 0 aliphatic carbocycles. The second-order valence-electron chi connectivity index (χ2n) is 4.18. The third kappa shape index (κ3) is 3.84. The number of benzene rings is 1. The number of ether oxygens (including phenoxy) is 1. The van der Waals surface area contributed by atoms with E-state index in [0.29, 0.717) is 5.75 Å². The van der Waals surface area contributed by atoms with E-state index in [0.717, 1.165) is 6.07 Å². The first-order valence-electron chi connectivity index (χ1n) is 5.52. The molecule has 98 valence electrons. The molecule has 0 saturated carbocycles. The molecule has 1 atom stereocenters. The van der Waals surface area contributed by atoms with Crippen LogP contribution >= 0.6 is 0 Å². The molecule has 0 heterocycles. The van der Waals surface area contributed by atoms with Gasteiger partial charge in [0.2, 0.25) is 0 Å². The van der Waals surface area contributed by atoms with Gasteiger partial charge in [0.15, 0.2) is 5.78 Å². The number of ketones is 1. The summed E-state index contributed by atoms with van der Waals surface area (Å²) in [6.45, 7) is 1.65. The molecular weight excluding hydrogens is 239 g/mol. The lowest BCUT2D eigenvalue weighted by Crippen LogP contribution is -2.11. The first-order chi connectivity index (χ1) is 8.43. The Balaban J connectivity index is 2.75. The van der Waals surface area contributed by atoms with Crippen LogP contribution in [0.2, 0.25) is 0 Å². The number of halogens is 1.